The highest BCUT2D eigenvalue weighted by molar-refractivity contribution is 6.31. The summed E-state index contributed by atoms with van der Waals surface area (Å²) < 4.78 is 2.15. The molecule has 2 aromatic carbocycles. The molecule has 0 saturated carbocycles. The van der Waals surface area contributed by atoms with E-state index in [1.54, 1.807) is 0 Å². The predicted molar refractivity (Wildman–Crippen MR) is 84.9 cm³/mol. The summed E-state index contributed by atoms with van der Waals surface area (Å²) in [6, 6.07) is 12.1. The lowest BCUT2D eigenvalue weighted by atomic mass is 10.1. The molecule has 112 valence electrons. The molecule has 0 fully saturated rings. The minimum absolute atomic E-state index is 0.539. The molecule has 3 aromatic rings. The number of nitrogens with zero attached hydrogens (tertiary/aromatic N) is 2. The van der Waals surface area contributed by atoms with Gasteiger partial charge in [-0.3, -0.25) is 0 Å². The summed E-state index contributed by atoms with van der Waals surface area (Å²) in [5.41, 5.74) is 4.43. The number of aryl methyl sites for hydroxylation is 2. The van der Waals surface area contributed by atoms with Gasteiger partial charge in [-0.05, 0) is 42.7 Å². The highest BCUT2D eigenvalue weighted by Gasteiger charge is 2.13. The van der Waals surface area contributed by atoms with E-state index in [-0.39, 0.29) is 0 Å². The molecule has 0 spiro atoms. The third kappa shape index (κ3) is 2.56. The number of halogens is 1. The maximum atomic E-state index is 6.06. The second-order valence-electron chi connectivity index (χ2n) is 5.46. The number of imidazole rings is 1. The van der Waals surface area contributed by atoms with Gasteiger partial charge in [-0.1, -0.05) is 23.7 Å². The van der Waals surface area contributed by atoms with Gasteiger partial charge in [0.1, 0.15) is 6.61 Å². The molecule has 1 aliphatic heterocycles. The van der Waals surface area contributed by atoms with Gasteiger partial charge in [-0.2, -0.15) is 4.89 Å². The van der Waals surface area contributed by atoms with Crippen molar-refractivity contribution in [2.24, 2.45) is 0 Å². The Kier molecular flexibility index (Phi) is 3.48. The summed E-state index contributed by atoms with van der Waals surface area (Å²) in [6.07, 6.45) is 3.88. The highest BCUT2D eigenvalue weighted by atomic mass is 35.5. The van der Waals surface area contributed by atoms with Crippen molar-refractivity contribution in [1.29, 1.82) is 0 Å². The second-order valence-corrected chi connectivity index (χ2v) is 5.90. The SMILES string of the molecule is Clc1ccc2ncn(CCCc3ccc4c(c3)OOC4)c2c1. The molecule has 0 unspecified atom stereocenters. The van der Waals surface area contributed by atoms with Gasteiger partial charge in [0.25, 0.3) is 0 Å². The molecule has 2 heterocycles. The maximum Gasteiger partial charge on any atom is 0.171 e. The Morgan fingerprint density at radius 3 is 3.09 bits per heavy atom. The minimum atomic E-state index is 0.539. The van der Waals surface area contributed by atoms with Crippen LogP contribution in [0.5, 0.6) is 5.75 Å². The van der Waals surface area contributed by atoms with E-state index < -0.39 is 0 Å². The van der Waals surface area contributed by atoms with E-state index in [0.717, 1.165) is 46.8 Å². The van der Waals surface area contributed by atoms with E-state index in [9.17, 15) is 0 Å². The van der Waals surface area contributed by atoms with Crippen LogP contribution in [0.2, 0.25) is 5.02 Å². The molecule has 1 aliphatic rings. The monoisotopic (exact) mass is 314 g/mol. The molecule has 4 nitrogen and oxygen atoms in total. The lowest BCUT2D eigenvalue weighted by Gasteiger charge is -2.06. The third-order valence-electron chi connectivity index (χ3n) is 3.94. The number of fused-ring (bicyclic) bond motifs is 2. The Morgan fingerprint density at radius 1 is 1.18 bits per heavy atom. The molecule has 1 aromatic heterocycles. The smallest absolute Gasteiger partial charge is 0.171 e. The normalized spacial score (nSPS) is 13.3. The summed E-state index contributed by atoms with van der Waals surface area (Å²) in [6.45, 7) is 1.45. The zero-order valence-corrected chi connectivity index (χ0v) is 12.7. The van der Waals surface area contributed by atoms with Crippen LogP contribution in [-0.2, 0) is 24.5 Å². The third-order valence-corrected chi connectivity index (χ3v) is 4.18. The average molecular weight is 315 g/mol. The van der Waals surface area contributed by atoms with Gasteiger partial charge in [0.15, 0.2) is 5.75 Å². The first-order chi connectivity index (χ1) is 10.8. The van der Waals surface area contributed by atoms with Crippen LogP contribution < -0.4 is 4.89 Å². The fourth-order valence-corrected chi connectivity index (χ4v) is 2.94. The molecule has 22 heavy (non-hydrogen) atoms. The molecule has 0 radical (unpaired) electrons. The first-order valence-corrected chi connectivity index (χ1v) is 7.69. The van der Waals surface area contributed by atoms with Crippen molar-refractivity contribution in [3.05, 3.63) is 58.9 Å². The fraction of sp³-hybridized carbons (Fsp3) is 0.235. The molecule has 5 heteroatoms. The van der Waals surface area contributed by atoms with Crippen LogP contribution in [0.1, 0.15) is 17.5 Å². The van der Waals surface area contributed by atoms with Crippen molar-refractivity contribution in [3.8, 4) is 5.75 Å². The molecular weight excluding hydrogens is 300 g/mol. The van der Waals surface area contributed by atoms with Crippen molar-refractivity contribution < 1.29 is 9.78 Å². The van der Waals surface area contributed by atoms with E-state index >= 15 is 0 Å². The minimum Gasteiger partial charge on any atom is -0.337 e. The van der Waals surface area contributed by atoms with Gasteiger partial charge in [0.2, 0.25) is 0 Å². The molecule has 0 bridgehead atoms. The Bertz CT molecular complexity index is 829. The molecule has 0 N–H and O–H groups in total. The Labute approximate surface area is 133 Å². The molecule has 0 atom stereocenters. The number of benzene rings is 2. The topological polar surface area (TPSA) is 36.3 Å². The molecule has 4 rings (SSSR count). The van der Waals surface area contributed by atoms with Crippen molar-refractivity contribution >= 4 is 22.6 Å². The van der Waals surface area contributed by atoms with Crippen LogP contribution in [0.4, 0.5) is 0 Å². The van der Waals surface area contributed by atoms with Crippen LogP contribution in [-0.4, -0.2) is 9.55 Å². The molecule has 0 amide bonds. The van der Waals surface area contributed by atoms with Crippen LogP contribution in [0.15, 0.2) is 42.7 Å². The van der Waals surface area contributed by atoms with Gasteiger partial charge in [-0.15, -0.1) is 0 Å². The van der Waals surface area contributed by atoms with E-state index in [4.69, 9.17) is 21.4 Å². The largest absolute Gasteiger partial charge is 0.337 e. The Morgan fingerprint density at radius 2 is 2.14 bits per heavy atom. The number of aromatic nitrogens is 2. The lowest BCUT2D eigenvalue weighted by Crippen LogP contribution is -1.98. The Hall–Kier alpha value is -2.04. The summed E-state index contributed by atoms with van der Waals surface area (Å²) in [4.78, 5) is 14.5. The Balaban J connectivity index is 1.45. The molecular formula is C17H15ClN2O2. The van der Waals surface area contributed by atoms with Crippen molar-refractivity contribution in [1.82, 2.24) is 9.55 Å². The molecule has 0 aliphatic carbocycles. The van der Waals surface area contributed by atoms with Crippen LogP contribution in [0.3, 0.4) is 0 Å². The van der Waals surface area contributed by atoms with E-state index in [0.29, 0.717) is 6.61 Å². The van der Waals surface area contributed by atoms with Crippen LogP contribution in [0.25, 0.3) is 11.0 Å². The number of hydrogen-bond acceptors (Lipinski definition) is 3. The predicted octanol–water partition coefficient (Wildman–Crippen LogP) is 4.15. The van der Waals surface area contributed by atoms with Crippen molar-refractivity contribution in [2.45, 2.75) is 26.0 Å². The van der Waals surface area contributed by atoms with E-state index in [2.05, 4.69) is 27.8 Å². The highest BCUT2D eigenvalue weighted by Crippen LogP contribution is 2.27. The van der Waals surface area contributed by atoms with E-state index in [1.165, 1.54) is 5.56 Å². The zero-order valence-electron chi connectivity index (χ0n) is 12.0. The second kappa shape index (κ2) is 5.63. The first-order valence-electron chi connectivity index (χ1n) is 7.31. The maximum absolute atomic E-state index is 6.06. The molecule has 0 saturated heterocycles. The first kappa shape index (κ1) is 13.6. The van der Waals surface area contributed by atoms with Crippen molar-refractivity contribution in [3.63, 3.8) is 0 Å². The van der Waals surface area contributed by atoms with Gasteiger partial charge in [-0.25, -0.2) is 4.98 Å². The standard InChI is InChI=1S/C17H15ClN2O2/c18-14-5-6-15-16(9-14)20(11-19-15)7-1-2-12-3-4-13-10-21-22-17(13)8-12/h3-6,8-9,11H,1-2,7,10H2. The van der Waals surface area contributed by atoms with Crippen LogP contribution in [0, 0.1) is 0 Å². The summed E-state index contributed by atoms with van der Waals surface area (Å²) in [5.74, 6) is 0.845. The van der Waals surface area contributed by atoms with Crippen LogP contribution >= 0.6 is 11.6 Å². The zero-order chi connectivity index (χ0) is 14.9. The summed E-state index contributed by atoms with van der Waals surface area (Å²) >= 11 is 6.06. The summed E-state index contributed by atoms with van der Waals surface area (Å²) in [5, 5.41) is 0.741. The van der Waals surface area contributed by atoms with Gasteiger partial charge >= 0.3 is 0 Å². The number of hydrogen-bond donors (Lipinski definition) is 0. The quantitative estimate of drug-likeness (QED) is 0.679. The van der Waals surface area contributed by atoms with Gasteiger partial charge in [0, 0.05) is 17.1 Å². The average Bonchev–Trinajstić information content (AvgIpc) is 3.13. The van der Waals surface area contributed by atoms with Gasteiger partial charge < -0.3 is 9.45 Å². The summed E-state index contributed by atoms with van der Waals surface area (Å²) in [7, 11) is 0. The van der Waals surface area contributed by atoms with Crippen molar-refractivity contribution in [2.75, 3.05) is 0 Å². The lowest BCUT2D eigenvalue weighted by molar-refractivity contribution is -0.194. The fourth-order valence-electron chi connectivity index (χ4n) is 2.77. The van der Waals surface area contributed by atoms with Gasteiger partial charge in [0.05, 0.1) is 17.4 Å². The number of rotatable bonds is 4. The van der Waals surface area contributed by atoms with E-state index in [1.807, 2.05) is 24.5 Å².